The number of hydrogen-bond acceptors (Lipinski definition) is 2. The van der Waals surface area contributed by atoms with Crippen molar-refractivity contribution in [3.8, 4) is 5.75 Å². The third-order valence-electron chi connectivity index (χ3n) is 3.57. The van der Waals surface area contributed by atoms with Gasteiger partial charge in [0, 0.05) is 12.0 Å². The highest BCUT2D eigenvalue weighted by Gasteiger charge is 2.36. The van der Waals surface area contributed by atoms with Crippen LogP contribution in [0.1, 0.15) is 24.8 Å². The van der Waals surface area contributed by atoms with Crippen LogP contribution in [0.4, 0.5) is 13.2 Å². The van der Waals surface area contributed by atoms with E-state index in [0.717, 1.165) is 31.4 Å². The summed E-state index contributed by atoms with van der Waals surface area (Å²) in [7, 11) is 0. The molecule has 0 aromatic heterocycles. The summed E-state index contributed by atoms with van der Waals surface area (Å²) in [5.74, 6) is 0.461. The highest BCUT2D eigenvalue weighted by molar-refractivity contribution is 5.28. The maximum atomic E-state index is 12.4. The molecule has 0 unspecified atom stereocenters. The van der Waals surface area contributed by atoms with Crippen LogP contribution in [0.5, 0.6) is 5.75 Å². The average molecular weight is 259 g/mol. The molecule has 0 spiro atoms. The first-order chi connectivity index (χ1) is 8.45. The molecule has 0 radical (unpaired) electrons. The second-order valence-electron chi connectivity index (χ2n) is 4.87. The molecule has 18 heavy (non-hydrogen) atoms. The van der Waals surface area contributed by atoms with Crippen molar-refractivity contribution in [2.75, 3.05) is 13.2 Å². The molecule has 0 saturated heterocycles. The third-order valence-corrected chi connectivity index (χ3v) is 3.57. The van der Waals surface area contributed by atoms with Gasteiger partial charge in [-0.3, -0.25) is 0 Å². The predicted molar refractivity (Wildman–Crippen MR) is 62.3 cm³/mol. The first-order valence-electron chi connectivity index (χ1n) is 5.95. The van der Waals surface area contributed by atoms with Crippen molar-refractivity contribution >= 4 is 0 Å². The van der Waals surface area contributed by atoms with Crippen molar-refractivity contribution in [3.63, 3.8) is 0 Å². The maximum absolute atomic E-state index is 12.4. The molecule has 0 aliphatic heterocycles. The van der Waals surface area contributed by atoms with Crippen LogP contribution >= 0.6 is 0 Å². The zero-order chi connectivity index (χ0) is 13.2. The molecule has 5 heteroatoms. The van der Waals surface area contributed by atoms with Crippen molar-refractivity contribution in [1.29, 1.82) is 0 Å². The lowest BCUT2D eigenvalue weighted by atomic mass is 9.69. The van der Waals surface area contributed by atoms with Crippen LogP contribution in [0.3, 0.4) is 0 Å². The third kappa shape index (κ3) is 2.77. The van der Waals surface area contributed by atoms with E-state index >= 15 is 0 Å². The Kier molecular flexibility index (Phi) is 3.52. The summed E-state index contributed by atoms with van der Waals surface area (Å²) in [6, 6.07) is 4.77. The molecule has 2 nitrogen and oxygen atoms in total. The van der Waals surface area contributed by atoms with Crippen LogP contribution in [0.15, 0.2) is 24.3 Å². The molecule has 1 aromatic carbocycles. The quantitative estimate of drug-likeness (QED) is 0.901. The Balaban J connectivity index is 1.94. The van der Waals surface area contributed by atoms with E-state index in [1.807, 2.05) is 0 Å². The van der Waals surface area contributed by atoms with Crippen LogP contribution in [0, 0.1) is 5.41 Å². The predicted octanol–water partition coefficient (Wildman–Crippen LogP) is 3.21. The number of halogens is 3. The lowest BCUT2D eigenvalue weighted by molar-refractivity contribution is -0.137. The summed E-state index contributed by atoms with van der Waals surface area (Å²) < 4.78 is 42.6. The molecule has 100 valence electrons. The molecule has 2 rings (SSSR count). The number of benzene rings is 1. The number of nitrogens with two attached hydrogens (primary N) is 1. The molecule has 0 amide bonds. The van der Waals surface area contributed by atoms with E-state index < -0.39 is 11.7 Å². The van der Waals surface area contributed by atoms with Gasteiger partial charge >= 0.3 is 6.18 Å². The second kappa shape index (κ2) is 4.80. The summed E-state index contributed by atoms with van der Waals surface area (Å²) in [6.45, 7) is 1.04. The van der Waals surface area contributed by atoms with E-state index in [9.17, 15) is 13.2 Å². The van der Waals surface area contributed by atoms with Gasteiger partial charge in [-0.25, -0.2) is 0 Å². The Bertz CT molecular complexity index is 390. The van der Waals surface area contributed by atoms with E-state index in [0.29, 0.717) is 18.9 Å². The fourth-order valence-electron chi connectivity index (χ4n) is 2.06. The Hall–Kier alpha value is -1.23. The molecule has 0 bridgehead atoms. The van der Waals surface area contributed by atoms with Gasteiger partial charge in [0.25, 0.3) is 0 Å². The summed E-state index contributed by atoms with van der Waals surface area (Å²) in [5.41, 5.74) is 5.06. The lowest BCUT2D eigenvalue weighted by Crippen LogP contribution is -2.42. The van der Waals surface area contributed by atoms with Crippen LogP contribution in [0.2, 0.25) is 0 Å². The van der Waals surface area contributed by atoms with Crippen molar-refractivity contribution in [2.45, 2.75) is 25.4 Å². The summed E-state index contributed by atoms with van der Waals surface area (Å²) in [5, 5.41) is 0. The molecule has 1 aromatic rings. The van der Waals surface area contributed by atoms with Gasteiger partial charge in [0.05, 0.1) is 12.2 Å². The number of rotatable bonds is 4. The molecular formula is C13H16F3NO. The SMILES string of the molecule is NCC1(COc2ccc(C(F)(F)F)cc2)CCC1. The summed E-state index contributed by atoms with van der Waals surface area (Å²) in [6.07, 6.45) is -1.09. The van der Waals surface area contributed by atoms with Crippen molar-refractivity contribution in [2.24, 2.45) is 11.1 Å². The highest BCUT2D eigenvalue weighted by atomic mass is 19.4. The van der Waals surface area contributed by atoms with E-state index in [2.05, 4.69) is 0 Å². The van der Waals surface area contributed by atoms with Gasteiger partial charge in [0.1, 0.15) is 5.75 Å². The number of alkyl halides is 3. The minimum absolute atomic E-state index is 0.0305. The van der Waals surface area contributed by atoms with E-state index in [-0.39, 0.29) is 5.41 Å². The normalized spacial score (nSPS) is 18.2. The van der Waals surface area contributed by atoms with Crippen molar-refractivity contribution < 1.29 is 17.9 Å². The van der Waals surface area contributed by atoms with Gasteiger partial charge < -0.3 is 10.5 Å². The fraction of sp³-hybridized carbons (Fsp3) is 0.538. The van der Waals surface area contributed by atoms with E-state index in [4.69, 9.17) is 10.5 Å². The van der Waals surface area contributed by atoms with Gasteiger partial charge in [-0.1, -0.05) is 6.42 Å². The molecule has 0 heterocycles. The van der Waals surface area contributed by atoms with E-state index in [1.54, 1.807) is 0 Å². The van der Waals surface area contributed by atoms with Crippen molar-refractivity contribution in [1.82, 2.24) is 0 Å². The maximum Gasteiger partial charge on any atom is 0.416 e. The summed E-state index contributed by atoms with van der Waals surface area (Å²) >= 11 is 0. The topological polar surface area (TPSA) is 35.2 Å². The van der Waals surface area contributed by atoms with Gasteiger partial charge in [-0.2, -0.15) is 13.2 Å². The molecule has 1 fully saturated rings. The zero-order valence-electron chi connectivity index (χ0n) is 9.96. The molecule has 1 saturated carbocycles. The Morgan fingerprint density at radius 2 is 1.78 bits per heavy atom. The molecule has 0 atom stereocenters. The second-order valence-corrected chi connectivity index (χ2v) is 4.87. The minimum Gasteiger partial charge on any atom is -0.493 e. The fourth-order valence-corrected chi connectivity index (χ4v) is 2.06. The monoisotopic (exact) mass is 259 g/mol. The van der Waals surface area contributed by atoms with Gasteiger partial charge in [0.2, 0.25) is 0 Å². The first-order valence-corrected chi connectivity index (χ1v) is 5.95. The van der Waals surface area contributed by atoms with Crippen LogP contribution in [-0.4, -0.2) is 13.2 Å². The smallest absolute Gasteiger partial charge is 0.416 e. The first kappa shape index (κ1) is 13.2. The van der Waals surface area contributed by atoms with E-state index in [1.165, 1.54) is 12.1 Å². The number of ether oxygens (including phenoxy) is 1. The number of hydrogen-bond donors (Lipinski definition) is 1. The zero-order valence-corrected chi connectivity index (χ0v) is 9.96. The van der Waals surface area contributed by atoms with Gasteiger partial charge in [-0.05, 0) is 37.1 Å². The minimum atomic E-state index is -4.30. The Morgan fingerprint density at radius 1 is 1.17 bits per heavy atom. The molecular weight excluding hydrogens is 243 g/mol. The Morgan fingerprint density at radius 3 is 2.17 bits per heavy atom. The van der Waals surface area contributed by atoms with Crippen LogP contribution in [-0.2, 0) is 6.18 Å². The van der Waals surface area contributed by atoms with Gasteiger partial charge in [0.15, 0.2) is 0 Å². The summed E-state index contributed by atoms with van der Waals surface area (Å²) in [4.78, 5) is 0. The lowest BCUT2D eigenvalue weighted by Gasteiger charge is -2.40. The largest absolute Gasteiger partial charge is 0.493 e. The Labute approximate surface area is 104 Å². The van der Waals surface area contributed by atoms with Crippen LogP contribution in [0.25, 0.3) is 0 Å². The molecule has 1 aliphatic rings. The molecule has 2 N–H and O–H groups in total. The standard InChI is InChI=1S/C13H16F3NO/c14-13(15,16)10-2-4-11(5-3-10)18-9-12(8-17)6-1-7-12/h2-5H,1,6-9,17H2. The molecule has 1 aliphatic carbocycles. The highest BCUT2D eigenvalue weighted by Crippen LogP contribution is 2.40. The average Bonchev–Trinajstić information content (AvgIpc) is 2.28. The van der Waals surface area contributed by atoms with Crippen molar-refractivity contribution in [3.05, 3.63) is 29.8 Å². The van der Waals surface area contributed by atoms with Crippen LogP contribution < -0.4 is 10.5 Å². The van der Waals surface area contributed by atoms with Gasteiger partial charge in [-0.15, -0.1) is 0 Å².